The number of carbonyl (C=O) groups is 1. The molecule has 0 fully saturated rings. The maximum atomic E-state index is 12.0. The zero-order chi connectivity index (χ0) is 17.5. The van der Waals surface area contributed by atoms with Crippen LogP contribution in [0.3, 0.4) is 0 Å². The maximum absolute atomic E-state index is 12.0. The Morgan fingerprint density at radius 2 is 1.36 bits per heavy atom. The molecular weight excluding hydrogens is 330 g/mol. The Kier molecular flexibility index (Phi) is 5.59. The summed E-state index contributed by atoms with van der Waals surface area (Å²) in [5.41, 5.74) is 3.80. The smallest absolute Gasteiger partial charge is 0.323 e. The van der Waals surface area contributed by atoms with Gasteiger partial charge < -0.3 is 15.4 Å². The molecule has 0 atom stereocenters. The molecule has 3 rings (SSSR count). The summed E-state index contributed by atoms with van der Waals surface area (Å²) in [7, 11) is 0. The first-order chi connectivity index (χ1) is 12.2. The number of para-hydroxylation sites is 2. The Labute approximate surface area is 151 Å². The third kappa shape index (κ3) is 5.02. The first-order valence-electron chi connectivity index (χ1n) is 7.92. The van der Waals surface area contributed by atoms with Crippen LogP contribution >= 0.6 is 11.9 Å². The van der Waals surface area contributed by atoms with Crippen LogP contribution in [0.2, 0.25) is 0 Å². The van der Waals surface area contributed by atoms with Crippen LogP contribution in [0.5, 0.6) is 0 Å². The van der Waals surface area contributed by atoms with Gasteiger partial charge in [-0.3, -0.25) is 0 Å². The van der Waals surface area contributed by atoms with E-state index in [0.717, 1.165) is 22.0 Å². The number of rotatable bonds is 5. The van der Waals surface area contributed by atoms with Crippen molar-refractivity contribution < 1.29 is 4.79 Å². The van der Waals surface area contributed by atoms with E-state index in [4.69, 9.17) is 0 Å². The van der Waals surface area contributed by atoms with Gasteiger partial charge in [0.05, 0.1) is 0 Å². The molecule has 25 heavy (non-hydrogen) atoms. The van der Waals surface area contributed by atoms with E-state index in [1.54, 1.807) is 0 Å². The summed E-state index contributed by atoms with van der Waals surface area (Å²) < 4.78 is 3.34. The number of hydrogen-bond acceptors (Lipinski definition) is 3. The molecular formula is C20H19N3OS. The van der Waals surface area contributed by atoms with Gasteiger partial charge in [-0.25, -0.2) is 4.79 Å². The zero-order valence-corrected chi connectivity index (χ0v) is 14.6. The summed E-state index contributed by atoms with van der Waals surface area (Å²) in [6.07, 6.45) is 0. The highest BCUT2D eigenvalue weighted by Crippen LogP contribution is 2.24. The molecule has 2 amide bonds. The summed E-state index contributed by atoms with van der Waals surface area (Å²) >= 11 is 1.54. The van der Waals surface area contributed by atoms with E-state index in [1.165, 1.54) is 17.5 Å². The molecule has 0 spiro atoms. The first kappa shape index (κ1) is 16.9. The second kappa shape index (κ2) is 8.26. The van der Waals surface area contributed by atoms with Crippen molar-refractivity contribution in [1.82, 2.24) is 0 Å². The molecule has 5 heteroatoms. The number of anilines is 3. The number of amides is 2. The molecule has 0 aliphatic rings. The van der Waals surface area contributed by atoms with E-state index >= 15 is 0 Å². The molecule has 126 valence electrons. The van der Waals surface area contributed by atoms with E-state index in [1.807, 2.05) is 72.8 Å². The minimum absolute atomic E-state index is 0.260. The minimum Gasteiger partial charge on any atom is -0.325 e. The fraction of sp³-hybridized carbons (Fsp3) is 0.0500. The predicted octanol–water partition coefficient (Wildman–Crippen LogP) is 5.76. The summed E-state index contributed by atoms with van der Waals surface area (Å²) in [4.78, 5) is 13.0. The first-order valence-corrected chi connectivity index (χ1v) is 8.74. The van der Waals surface area contributed by atoms with E-state index in [2.05, 4.69) is 28.3 Å². The molecule has 0 heterocycles. The average Bonchev–Trinajstić information content (AvgIpc) is 2.63. The molecule has 0 aliphatic carbocycles. The quantitative estimate of drug-likeness (QED) is 0.513. The number of carbonyl (C=O) groups excluding carboxylic acids is 1. The Bertz CT molecular complexity index is 835. The van der Waals surface area contributed by atoms with Crippen LogP contribution in [0.4, 0.5) is 21.9 Å². The molecule has 0 saturated carbocycles. The number of aryl methyl sites for hydroxylation is 1. The van der Waals surface area contributed by atoms with Crippen LogP contribution in [0.15, 0.2) is 83.8 Å². The molecule has 3 aromatic carbocycles. The van der Waals surface area contributed by atoms with Gasteiger partial charge in [-0.05, 0) is 66.9 Å². The van der Waals surface area contributed by atoms with Crippen molar-refractivity contribution in [3.8, 4) is 0 Å². The van der Waals surface area contributed by atoms with E-state index in [0.29, 0.717) is 0 Å². The molecule has 0 radical (unpaired) electrons. The van der Waals surface area contributed by atoms with Crippen molar-refractivity contribution in [2.45, 2.75) is 11.8 Å². The molecule has 0 saturated heterocycles. The highest BCUT2D eigenvalue weighted by Gasteiger charge is 2.03. The third-order valence-electron chi connectivity index (χ3n) is 3.57. The Morgan fingerprint density at radius 1 is 0.760 bits per heavy atom. The van der Waals surface area contributed by atoms with Crippen LogP contribution < -0.4 is 15.4 Å². The van der Waals surface area contributed by atoms with Gasteiger partial charge in [0.1, 0.15) is 0 Å². The molecule has 3 N–H and O–H groups in total. The summed E-state index contributed by atoms with van der Waals surface area (Å²) in [6, 6.07) is 24.9. The Hall–Kier alpha value is -2.92. The Balaban J connectivity index is 1.53. The van der Waals surface area contributed by atoms with Gasteiger partial charge in [-0.2, -0.15) is 0 Å². The monoisotopic (exact) mass is 349 g/mol. The average molecular weight is 349 g/mol. The lowest BCUT2D eigenvalue weighted by atomic mass is 10.2. The van der Waals surface area contributed by atoms with Crippen molar-refractivity contribution in [3.63, 3.8) is 0 Å². The highest BCUT2D eigenvalue weighted by molar-refractivity contribution is 8.00. The molecule has 0 bridgehead atoms. The van der Waals surface area contributed by atoms with Crippen molar-refractivity contribution >= 4 is 35.0 Å². The number of benzene rings is 3. The van der Waals surface area contributed by atoms with Crippen molar-refractivity contribution in [3.05, 3.63) is 84.4 Å². The predicted molar refractivity (Wildman–Crippen MR) is 106 cm³/mol. The number of hydrogen-bond donors (Lipinski definition) is 3. The van der Waals surface area contributed by atoms with E-state index < -0.39 is 0 Å². The van der Waals surface area contributed by atoms with Gasteiger partial charge >= 0.3 is 6.03 Å². The van der Waals surface area contributed by atoms with Gasteiger partial charge in [0.25, 0.3) is 0 Å². The fourth-order valence-electron chi connectivity index (χ4n) is 2.22. The summed E-state index contributed by atoms with van der Waals surface area (Å²) in [6.45, 7) is 2.07. The second-order valence-corrected chi connectivity index (χ2v) is 6.37. The van der Waals surface area contributed by atoms with Crippen molar-refractivity contribution in [1.29, 1.82) is 0 Å². The number of urea groups is 1. The minimum atomic E-state index is -0.260. The van der Waals surface area contributed by atoms with Crippen molar-refractivity contribution in [2.24, 2.45) is 0 Å². The molecule has 4 nitrogen and oxygen atoms in total. The van der Waals surface area contributed by atoms with Gasteiger partial charge in [-0.1, -0.05) is 36.4 Å². The van der Waals surface area contributed by atoms with E-state index in [-0.39, 0.29) is 6.03 Å². The van der Waals surface area contributed by atoms with Gasteiger partial charge in [0.15, 0.2) is 0 Å². The van der Waals surface area contributed by atoms with Crippen LogP contribution in [0.25, 0.3) is 0 Å². The normalized spacial score (nSPS) is 10.1. The highest BCUT2D eigenvalue weighted by atomic mass is 32.2. The lowest BCUT2D eigenvalue weighted by Crippen LogP contribution is -2.19. The van der Waals surface area contributed by atoms with Gasteiger partial charge in [-0.15, -0.1) is 0 Å². The van der Waals surface area contributed by atoms with E-state index in [9.17, 15) is 4.79 Å². The summed E-state index contributed by atoms with van der Waals surface area (Å²) in [5.74, 6) is 0. The zero-order valence-electron chi connectivity index (χ0n) is 13.8. The standard InChI is InChI=1S/C20H19N3OS/c1-15-7-5-6-10-19(15)23-25-18-13-11-17(12-14-18)22-20(24)21-16-8-3-2-4-9-16/h2-14,23H,1H3,(H2,21,22,24). The molecule has 3 aromatic rings. The lowest BCUT2D eigenvalue weighted by Gasteiger charge is -2.10. The lowest BCUT2D eigenvalue weighted by molar-refractivity contribution is 0.262. The third-order valence-corrected chi connectivity index (χ3v) is 4.40. The van der Waals surface area contributed by atoms with Crippen LogP contribution in [-0.2, 0) is 0 Å². The van der Waals surface area contributed by atoms with Crippen LogP contribution in [0.1, 0.15) is 5.56 Å². The van der Waals surface area contributed by atoms with Gasteiger partial charge in [0, 0.05) is 22.0 Å². The molecule has 0 aliphatic heterocycles. The molecule has 0 unspecified atom stereocenters. The van der Waals surface area contributed by atoms with Gasteiger partial charge in [0.2, 0.25) is 0 Å². The Morgan fingerprint density at radius 3 is 2.04 bits per heavy atom. The van der Waals surface area contributed by atoms with Crippen LogP contribution in [0, 0.1) is 6.92 Å². The summed E-state index contributed by atoms with van der Waals surface area (Å²) in [5, 5.41) is 5.61. The number of nitrogens with one attached hydrogen (secondary N) is 3. The maximum Gasteiger partial charge on any atom is 0.323 e. The van der Waals surface area contributed by atoms with Crippen LogP contribution in [-0.4, -0.2) is 6.03 Å². The fourth-order valence-corrected chi connectivity index (χ4v) is 2.95. The SMILES string of the molecule is Cc1ccccc1NSc1ccc(NC(=O)Nc2ccccc2)cc1. The second-order valence-electron chi connectivity index (χ2n) is 5.49. The largest absolute Gasteiger partial charge is 0.325 e. The van der Waals surface area contributed by atoms with Crippen molar-refractivity contribution in [2.75, 3.05) is 15.4 Å². The molecule has 0 aromatic heterocycles. The topological polar surface area (TPSA) is 53.2 Å².